The summed E-state index contributed by atoms with van der Waals surface area (Å²) in [5.74, 6) is 0.210. The second-order valence-corrected chi connectivity index (χ2v) is 15.0. The summed E-state index contributed by atoms with van der Waals surface area (Å²) in [6, 6.07) is 0. The number of unbranched alkanes of at least 4 members (excludes halogenated alkanes) is 1. The molecule has 1 rings (SSSR count). The summed E-state index contributed by atoms with van der Waals surface area (Å²) in [5, 5.41) is 9.67. The number of carbonyl (C=O) groups excluding carboxylic acids is 2. The number of nitrogens with one attached hydrogen (secondary N) is 3. The lowest BCUT2D eigenvalue weighted by molar-refractivity contribution is -0.121. The third-order valence-corrected chi connectivity index (χ3v) is 9.73. The molecule has 1 fully saturated rings. The van der Waals surface area contributed by atoms with Gasteiger partial charge < -0.3 is 20.9 Å². The Morgan fingerprint density at radius 1 is 0.467 bits per heavy atom. The van der Waals surface area contributed by atoms with Crippen molar-refractivity contribution < 1.29 is 9.59 Å². The predicted molar refractivity (Wildman–Crippen MR) is 262 cm³/mol. The first kappa shape index (κ1) is 54.0. The lowest BCUT2D eigenvalue weighted by atomic mass is 10.2. The van der Waals surface area contributed by atoms with Crippen LogP contribution in [0.2, 0.25) is 0 Å². The minimum Gasteiger partial charge on any atom is -0.355 e. The molecule has 0 aromatic carbocycles. The van der Waals surface area contributed by atoms with Crippen LogP contribution in [0, 0.1) is 0 Å². The average molecular weight is 824 g/mol. The van der Waals surface area contributed by atoms with E-state index in [-0.39, 0.29) is 11.8 Å². The first-order chi connectivity index (χ1) is 29.7. The number of allylic oxidation sites excluding steroid dienone is 22. The normalized spacial score (nSPS) is 14.8. The van der Waals surface area contributed by atoms with Gasteiger partial charge >= 0.3 is 0 Å². The molecule has 0 unspecified atom stereocenters. The zero-order valence-corrected chi connectivity index (χ0v) is 38.0. The van der Waals surface area contributed by atoms with Crippen LogP contribution in [0.25, 0.3) is 0 Å². The molecule has 2 amide bonds. The van der Waals surface area contributed by atoms with E-state index in [1.165, 1.54) is 0 Å². The molecule has 3 N–H and O–H groups in total. The first-order valence-corrected chi connectivity index (χ1v) is 23.5. The Hall–Kier alpha value is -4.04. The van der Waals surface area contributed by atoms with Gasteiger partial charge in [0.25, 0.3) is 0 Å². The highest BCUT2D eigenvalue weighted by Gasteiger charge is 2.11. The highest BCUT2D eigenvalue weighted by molar-refractivity contribution is 5.76. The van der Waals surface area contributed by atoms with Crippen LogP contribution >= 0.6 is 0 Å². The molecule has 1 aliphatic heterocycles. The number of nitrogens with zero attached hydrogens (tertiary/aromatic N) is 2. The second kappa shape index (κ2) is 44.5. The van der Waals surface area contributed by atoms with Crippen LogP contribution in [0.3, 0.4) is 0 Å². The summed E-state index contributed by atoms with van der Waals surface area (Å²) >= 11 is 0. The quantitative estimate of drug-likeness (QED) is 0.0430. The first-order valence-electron chi connectivity index (χ1n) is 23.5. The van der Waals surface area contributed by atoms with E-state index in [4.69, 9.17) is 0 Å². The SMILES string of the molecule is CC/C=C\C/C=C\C/C=C\C/C=C\C/C=C\C/C=C\CCC(=O)NCCN(CCCN1CCNCC1)CCNC(=O)CCC/C=C\C/C=C\C/C=C\C/C=C\C/C=C\CC. The maximum absolute atomic E-state index is 12.6. The fourth-order valence-electron chi connectivity index (χ4n) is 6.27. The lowest BCUT2D eigenvalue weighted by Gasteiger charge is -2.29. The number of amides is 2. The molecule has 0 bridgehead atoms. The maximum atomic E-state index is 12.6. The van der Waals surface area contributed by atoms with Gasteiger partial charge in [-0.05, 0) is 109 Å². The van der Waals surface area contributed by atoms with Crippen molar-refractivity contribution in [1.29, 1.82) is 0 Å². The lowest BCUT2D eigenvalue weighted by Crippen LogP contribution is -2.45. The van der Waals surface area contributed by atoms with Gasteiger partial charge in [-0.25, -0.2) is 0 Å². The van der Waals surface area contributed by atoms with Crippen molar-refractivity contribution in [2.75, 3.05) is 65.4 Å². The molecule has 60 heavy (non-hydrogen) atoms. The summed E-state index contributed by atoms with van der Waals surface area (Å²) in [6.45, 7) is 13.5. The zero-order chi connectivity index (χ0) is 43.1. The molecule has 0 spiro atoms. The van der Waals surface area contributed by atoms with Gasteiger partial charge in [0.15, 0.2) is 0 Å². The van der Waals surface area contributed by atoms with E-state index in [0.29, 0.717) is 25.9 Å². The standard InChI is InChI=1S/C53H85N5O2/c1-3-5-7-9-11-13-15-17-19-21-22-24-26-28-30-32-34-36-38-41-53(60)56-45-51-58(47-39-46-57-48-42-54-43-49-57)50-44-55-52(59)40-37-35-33-31-29-27-25-23-20-18-16-14-12-10-8-6-4-2/h5-8,11-14,17-20,22,24-25,27-28,30-31,33-34,36,54H,3-4,9-10,15-16,21,23,26,29,32,35,37-51H2,1-2H3,(H,55,59)(H,56,60)/b7-5-,8-6-,13-11-,14-12-,19-17-,20-18-,24-22-,27-25-,30-28-,33-31-,36-34-. The molecule has 0 atom stereocenters. The van der Waals surface area contributed by atoms with Gasteiger partial charge in [0.1, 0.15) is 0 Å². The molecule has 0 saturated carbocycles. The summed E-state index contributed by atoms with van der Waals surface area (Å²) < 4.78 is 0. The Labute approximate surface area is 368 Å². The van der Waals surface area contributed by atoms with Crippen LogP contribution in [0.5, 0.6) is 0 Å². The molecule has 334 valence electrons. The zero-order valence-electron chi connectivity index (χ0n) is 38.0. The van der Waals surface area contributed by atoms with E-state index in [1.807, 2.05) is 0 Å². The van der Waals surface area contributed by atoms with Gasteiger partial charge in [0, 0.05) is 65.2 Å². The molecular weight excluding hydrogens is 739 g/mol. The molecule has 1 saturated heterocycles. The van der Waals surface area contributed by atoms with Crippen molar-refractivity contribution in [3.8, 4) is 0 Å². The van der Waals surface area contributed by atoms with Crippen LogP contribution in [0.1, 0.15) is 123 Å². The van der Waals surface area contributed by atoms with E-state index < -0.39 is 0 Å². The molecule has 7 nitrogen and oxygen atoms in total. The Kier molecular flexibility index (Phi) is 40.0. The van der Waals surface area contributed by atoms with Crippen LogP contribution in [-0.2, 0) is 9.59 Å². The molecule has 7 heteroatoms. The predicted octanol–water partition coefficient (Wildman–Crippen LogP) is 11.2. The van der Waals surface area contributed by atoms with E-state index in [0.717, 1.165) is 149 Å². The van der Waals surface area contributed by atoms with Crippen molar-refractivity contribution in [2.24, 2.45) is 0 Å². The number of piperazine rings is 1. The fraction of sp³-hybridized carbons (Fsp3) is 0.547. The van der Waals surface area contributed by atoms with Crippen LogP contribution < -0.4 is 16.0 Å². The third kappa shape index (κ3) is 39.4. The largest absolute Gasteiger partial charge is 0.355 e. The minimum atomic E-state index is 0.0936. The summed E-state index contributed by atoms with van der Waals surface area (Å²) in [5.41, 5.74) is 0. The molecular formula is C53H85N5O2. The molecule has 1 aliphatic rings. The number of hydrogen-bond donors (Lipinski definition) is 3. The highest BCUT2D eigenvalue weighted by Crippen LogP contribution is 2.02. The smallest absolute Gasteiger partial charge is 0.220 e. The molecule has 0 radical (unpaired) electrons. The van der Waals surface area contributed by atoms with Crippen LogP contribution in [0.15, 0.2) is 134 Å². The summed E-state index contributed by atoms with van der Waals surface area (Å²) in [4.78, 5) is 30.0. The van der Waals surface area contributed by atoms with Crippen molar-refractivity contribution in [3.63, 3.8) is 0 Å². The second-order valence-electron chi connectivity index (χ2n) is 15.0. The Balaban J connectivity index is 2.22. The van der Waals surface area contributed by atoms with Gasteiger partial charge in [0.2, 0.25) is 11.8 Å². The van der Waals surface area contributed by atoms with Gasteiger partial charge in [-0.15, -0.1) is 0 Å². The topological polar surface area (TPSA) is 76.7 Å². The van der Waals surface area contributed by atoms with E-state index in [9.17, 15) is 9.59 Å². The van der Waals surface area contributed by atoms with Crippen molar-refractivity contribution in [1.82, 2.24) is 25.8 Å². The Morgan fingerprint density at radius 2 is 0.833 bits per heavy atom. The minimum absolute atomic E-state index is 0.0936. The number of carbonyl (C=O) groups is 2. The summed E-state index contributed by atoms with van der Waals surface area (Å²) in [7, 11) is 0. The Morgan fingerprint density at radius 3 is 1.25 bits per heavy atom. The summed E-state index contributed by atoms with van der Waals surface area (Å²) in [6.07, 6.45) is 64.0. The molecule has 0 aromatic rings. The fourth-order valence-corrected chi connectivity index (χ4v) is 6.27. The van der Waals surface area contributed by atoms with Gasteiger partial charge in [-0.2, -0.15) is 0 Å². The third-order valence-electron chi connectivity index (χ3n) is 9.73. The molecule has 1 heterocycles. The Bertz CT molecular complexity index is 1360. The van der Waals surface area contributed by atoms with E-state index in [2.05, 4.69) is 173 Å². The van der Waals surface area contributed by atoms with Gasteiger partial charge in [-0.3, -0.25) is 14.5 Å². The molecule has 0 aliphatic carbocycles. The van der Waals surface area contributed by atoms with Crippen molar-refractivity contribution in [2.45, 2.75) is 123 Å². The number of hydrogen-bond acceptors (Lipinski definition) is 5. The van der Waals surface area contributed by atoms with Gasteiger partial charge in [0.05, 0.1) is 0 Å². The van der Waals surface area contributed by atoms with Crippen LogP contribution in [0.4, 0.5) is 0 Å². The van der Waals surface area contributed by atoms with Crippen LogP contribution in [-0.4, -0.2) is 87.1 Å². The van der Waals surface area contributed by atoms with Crippen molar-refractivity contribution in [3.05, 3.63) is 134 Å². The number of rotatable bonds is 37. The maximum Gasteiger partial charge on any atom is 0.220 e. The van der Waals surface area contributed by atoms with E-state index in [1.54, 1.807) is 0 Å². The molecule has 0 aromatic heterocycles. The average Bonchev–Trinajstić information content (AvgIpc) is 3.25. The van der Waals surface area contributed by atoms with Crippen molar-refractivity contribution >= 4 is 11.8 Å². The van der Waals surface area contributed by atoms with E-state index >= 15 is 0 Å². The van der Waals surface area contributed by atoms with Gasteiger partial charge in [-0.1, -0.05) is 148 Å². The monoisotopic (exact) mass is 824 g/mol. The highest BCUT2D eigenvalue weighted by atomic mass is 16.2.